The lowest BCUT2D eigenvalue weighted by molar-refractivity contribution is -0.141. The van der Waals surface area contributed by atoms with E-state index < -0.39 is 29.7 Å². The van der Waals surface area contributed by atoms with Gasteiger partial charge >= 0.3 is 6.09 Å². The molecule has 2 rings (SSSR count). The molecule has 8 nitrogen and oxygen atoms in total. The van der Waals surface area contributed by atoms with Gasteiger partial charge in [-0.05, 0) is 50.5 Å². The highest BCUT2D eigenvalue weighted by molar-refractivity contribution is 5.91. The largest absolute Gasteiger partial charge is 0.444 e. The molecule has 0 bridgehead atoms. The van der Waals surface area contributed by atoms with Crippen molar-refractivity contribution in [3.05, 3.63) is 65.7 Å². The van der Waals surface area contributed by atoms with Crippen LogP contribution in [-0.2, 0) is 27.2 Å². The summed E-state index contributed by atoms with van der Waals surface area (Å²) in [6.07, 6.45) is 2.34. The van der Waals surface area contributed by atoms with Gasteiger partial charge in [-0.25, -0.2) is 4.79 Å². The molecule has 0 saturated heterocycles. The molecule has 36 heavy (non-hydrogen) atoms. The number of carbonyl (C=O) groups excluding carboxylic acids is 3. The van der Waals surface area contributed by atoms with E-state index in [4.69, 9.17) is 16.2 Å². The maximum atomic E-state index is 14.0. The Labute approximate surface area is 214 Å². The Balaban J connectivity index is 2.38. The zero-order chi connectivity index (χ0) is 26.7. The van der Waals surface area contributed by atoms with Crippen LogP contribution >= 0.6 is 0 Å². The van der Waals surface area contributed by atoms with Crippen LogP contribution in [0.3, 0.4) is 0 Å². The number of primary amides is 1. The van der Waals surface area contributed by atoms with Crippen LogP contribution < -0.4 is 16.8 Å². The van der Waals surface area contributed by atoms with Gasteiger partial charge in [-0.2, -0.15) is 0 Å². The molecule has 8 heteroatoms. The fourth-order valence-corrected chi connectivity index (χ4v) is 3.89. The minimum atomic E-state index is -0.933. The molecule has 0 heterocycles. The van der Waals surface area contributed by atoms with E-state index in [1.165, 1.54) is 4.90 Å². The van der Waals surface area contributed by atoms with Crippen molar-refractivity contribution in [2.75, 3.05) is 12.3 Å². The Morgan fingerprint density at radius 2 is 1.56 bits per heavy atom. The summed E-state index contributed by atoms with van der Waals surface area (Å²) in [6, 6.07) is 14.7. The lowest BCUT2D eigenvalue weighted by atomic mass is 10.00. The molecule has 196 valence electrons. The number of ether oxygens (including phenoxy) is 1. The van der Waals surface area contributed by atoms with Crippen molar-refractivity contribution in [1.29, 1.82) is 0 Å². The SMILES string of the molecule is CCCCCN(C(=O)[C@H](Cc1ccccc1)NC(=O)OC(C)(C)C)[C@@H](Cc1ccc(N)cc1)C(N)=O. The molecule has 0 radical (unpaired) electrons. The Morgan fingerprint density at radius 1 is 0.944 bits per heavy atom. The van der Waals surface area contributed by atoms with Gasteiger partial charge in [0.25, 0.3) is 0 Å². The van der Waals surface area contributed by atoms with Crippen LogP contribution in [-0.4, -0.2) is 47.0 Å². The molecular formula is C28H40N4O4. The molecule has 2 aromatic carbocycles. The van der Waals surface area contributed by atoms with E-state index in [9.17, 15) is 14.4 Å². The van der Waals surface area contributed by atoms with Gasteiger partial charge in [0.05, 0.1) is 0 Å². The lowest BCUT2D eigenvalue weighted by Gasteiger charge is -2.33. The van der Waals surface area contributed by atoms with Crippen LogP contribution in [0.25, 0.3) is 0 Å². The average Bonchev–Trinajstić information content (AvgIpc) is 2.80. The normalized spacial score (nSPS) is 12.9. The van der Waals surface area contributed by atoms with Crippen molar-refractivity contribution < 1.29 is 19.1 Å². The second-order valence-electron chi connectivity index (χ2n) is 9.99. The minimum absolute atomic E-state index is 0.247. The summed E-state index contributed by atoms with van der Waals surface area (Å²) in [6.45, 7) is 7.68. The minimum Gasteiger partial charge on any atom is -0.444 e. The second kappa shape index (κ2) is 13.5. The number of hydrogen-bond donors (Lipinski definition) is 3. The molecule has 0 unspecified atom stereocenters. The summed E-state index contributed by atoms with van der Waals surface area (Å²) in [5.74, 6) is -0.979. The van der Waals surface area contributed by atoms with E-state index in [0.717, 1.165) is 24.0 Å². The Hall–Kier alpha value is -3.55. The smallest absolute Gasteiger partial charge is 0.408 e. The number of nitrogens with two attached hydrogens (primary N) is 2. The third kappa shape index (κ3) is 9.60. The first-order valence-electron chi connectivity index (χ1n) is 12.5. The summed E-state index contributed by atoms with van der Waals surface area (Å²) in [4.78, 5) is 40.8. The van der Waals surface area contributed by atoms with E-state index >= 15 is 0 Å². The summed E-state index contributed by atoms with van der Waals surface area (Å²) in [7, 11) is 0. The van der Waals surface area contributed by atoms with Crippen molar-refractivity contribution in [3.63, 3.8) is 0 Å². The van der Waals surface area contributed by atoms with Crippen LogP contribution in [0.4, 0.5) is 10.5 Å². The molecule has 5 N–H and O–H groups in total. The number of alkyl carbamates (subject to hydrolysis) is 1. The molecule has 0 aromatic heterocycles. The molecule has 0 aliphatic heterocycles. The van der Waals surface area contributed by atoms with E-state index in [2.05, 4.69) is 12.2 Å². The van der Waals surface area contributed by atoms with Gasteiger partial charge in [-0.1, -0.05) is 62.2 Å². The summed E-state index contributed by atoms with van der Waals surface area (Å²) in [5.41, 5.74) is 13.2. The summed E-state index contributed by atoms with van der Waals surface area (Å²) < 4.78 is 5.42. The van der Waals surface area contributed by atoms with Gasteiger partial charge in [0.15, 0.2) is 0 Å². The third-order valence-corrected chi connectivity index (χ3v) is 5.67. The molecule has 3 amide bonds. The molecule has 2 aromatic rings. The Bertz CT molecular complexity index is 987. The quantitative estimate of drug-likeness (QED) is 0.304. The molecule has 0 aliphatic rings. The number of benzene rings is 2. The number of amides is 3. The van der Waals surface area contributed by atoms with Crippen LogP contribution in [0, 0.1) is 0 Å². The van der Waals surface area contributed by atoms with Crippen LogP contribution in [0.5, 0.6) is 0 Å². The molecule has 2 atom stereocenters. The highest BCUT2D eigenvalue weighted by Gasteiger charge is 2.34. The van der Waals surface area contributed by atoms with E-state index in [1.54, 1.807) is 32.9 Å². The zero-order valence-corrected chi connectivity index (χ0v) is 21.8. The van der Waals surface area contributed by atoms with Crippen molar-refractivity contribution >= 4 is 23.6 Å². The molecular weight excluding hydrogens is 456 g/mol. The van der Waals surface area contributed by atoms with E-state index in [0.29, 0.717) is 18.7 Å². The van der Waals surface area contributed by atoms with E-state index in [-0.39, 0.29) is 18.7 Å². The predicted octanol–water partition coefficient (Wildman–Crippen LogP) is 3.82. The van der Waals surface area contributed by atoms with Crippen LogP contribution in [0.2, 0.25) is 0 Å². The van der Waals surface area contributed by atoms with Crippen molar-refractivity contribution in [2.24, 2.45) is 5.73 Å². The van der Waals surface area contributed by atoms with Crippen LogP contribution in [0.1, 0.15) is 58.1 Å². The van der Waals surface area contributed by atoms with Gasteiger partial charge < -0.3 is 26.4 Å². The third-order valence-electron chi connectivity index (χ3n) is 5.67. The Kier molecular flexibility index (Phi) is 10.8. The first-order valence-corrected chi connectivity index (χ1v) is 12.5. The predicted molar refractivity (Wildman–Crippen MR) is 142 cm³/mol. The summed E-state index contributed by atoms with van der Waals surface area (Å²) in [5, 5.41) is 2.74. The number of nitrogens with one attached hydrogen (secondary N) is 1. The maximum Gasteiger partial charge on any atom is 0.408 e. The van der Waals surface area contributed by atoms with Crippen molar-refractivity contribution in [3.8, 4) is 0 Å². The summed E-state index contributed by atoms with van der Waals surface area (Å²) >= 11 is 0. The van der Waals surface area contributed by atoms with E-state index in [1.807, 2.05) is 42.5 Å². The first kappa shape index (κ1) is 28.7. The van der Waals surface area contributed by atoms with Gasteiger partial charge in [0.1, 0.15) is 17.7 Å². The standard InChI is InChI=1S/C28H40N4O4/c1-5-6-10-17-32(24(25(30)33)19-21-13-15-22(29)16-14-21)26(34)23(18-20-11-8-7-9-12-20)31-27(35)36-28(2,3)4/h7-9,11-16,23-24H,5-6,10,17-19,29H2,1-4H3,(H2,30,33)(H,31,35)/t23-,24-/m0/s1. The highest BCUT2D eigenvalue weighted by Crippen LogP contribution is 2.17. The monoisotopic (exact) mass is 496 g/mol. The average molecular weight is 497 g/mol. The second-order valence-corrected chi connectivity index (χ2v) is 9.99. The molecule has 0 spiro atoms. The van der Waals surface area contributed by atoms with Crippen molar-refractivity contribution in [1.82, 2.24) is 10.2 Å². The topological polar surface area (TPSA) is 128 Å². The maximum absolute atomic E-state index is 14.0. The lowest BCUT2D eigenvalue weighted by Crippen LogP contribution is -2.57. The number of nitrogens with zero attached hydrogens (tertiary/aromatic N) is 1. The fourth-order valence-electron chi connectivity index (χ4n) is 3.89. The van der Waals surface area contributed by atoms with Gasteiger partial charge in [-0.3, -0.25) is 9.59 Å². The number of rotatable bonds is 12. The number of hydrogen-bond acceptors (Lipinski definition) is 5. The number of carbonyl (C=O) groups is 3. The van der Waals surface area contributed by atoms with Gasteiger partial charge in [0.2, 0.25) is 11.8 Å². The number of unbranched alkanes of at least 4 members (excludes halogenated alkanes) is 2. The van der Waals surface area contributed by atoms with Gasteiger partial charge in [-0.15, -0.1) is 0 Å². The Morgan fingerprint density at radius 3 is 2.11 bits per heavy atom. The number of anilines is 1. The number of nitrogen functional groups attached to an aromatic ring is 1. The highest BCUT2D eigenvalue weighted by atomic mass is 16.6. The molecule has 0 fully saturated rings. The fraction of sp³-hybridized carbons (Fsp3) is 0.464. The zero-order valence-electron chi connectivity index (χ0n) is 21.8. The van der Waals surface area contributed by atoms with Crippen molar-refractivity contribution in [2.45, 2.75) is 77.5 Å². The van der Waals surface area contributed by atoms with Crippen LogP contribution in [0.15, 0.2) is 54.6 Å². The first-order chi connectivity index (χ1) is 17.0. The van der Waals surface area contributed by atoms with Gasteiger partial charge in [0, 0.05) is 25.1 Å². The molecule has 0 saturated carbocycles. The molecule has 0 aliphatic carbocycles.